The number of halogens is 4. The van der Waals surface area contributed by atoms with Gasteiger partial charge in [0.25, 0.3) is 5.91 Å². The number of carbonyl (C=O) groups is 1. The molecule has 2 rings (SSSR count). The molecule has 0 bridgehead atoms. The molecule has 0 atom stereocenters. The lowest BCUT2D eigenvalue weighted by Gasteiger charge is -2.08. The number of aromatic nitrogens is 1. The van der Waals surface area contributed by atoms with Crippen LogP contribution >= 0.6 is 11.6 Å². The molecule has 9 heteroatoms. The fourth-order valence-electron chi connectivity index (χ4n) is 1.50. The summed E-state index contributed by atoms with van der Waals surface area (Å²) in [7, 11) is 0. The van der Waals surface area contributed by atoms with Crippen LogP contribution in [0.1, 0.15) is 10.5 Å². The first-order valence-electron chi connectivity index (χ1n) is 5.51. The van der Waals surface area contributed by atoms with Crippen molar-refractivity contribution >= 4 is 29.0 Å². The number of nitrogen functional groups attached to an aromatic ring is 1. The van der Waals surface area contributed by atoms with E-state index < -0.39 is 23.4 Å². The van der Waals surface area contributed by atoms with Crippen LogP contribution in [0.2, 0.25) is 5.02 Å². The highest BCUT2D eigenvalue weighted by Gasteiger charge is 2.16. The Bertz CT molecular complexity index is 688. The summed E-state index contributed by atoms with van der Waals surface area (Å²) in [6.45, 7) is 0. The molecule has 1 amide bonds. The summed E-state index contributed by atoms with van der Waals surface area (Å²) in [5, 5.41) is 2.17. The molecule has 1 aromatic heterocycles. The number of hydrogen-bond donors (Lipinski definition) is 3. The van der Waals surface area contributed by atoms with E-state index in [0.29, 0.717) is 12.1 Å². The number of nitrogens with two attached hydrogens (primary N) is 1. The van der Waals surface area contributed by atoms with Crippen LogP contribution in [0.4, 0.5) is 24.7 Å². The van der Waals surface area contributed by atoms with Gasteiger partial charge < -0.3 is 10.7 Å². The molecule has 5 nitrogen and oxygen atoms in total. The van der Waals surface area contributed by atoms with Crippen molar-refractivity contribution in [1.82, 2.24) is 4.98 Å². The van der Waals surface area contributed by atoms with Gasteiger partial charge in [-0.05, 0) is 12.1 Å². The maximum atomic E-state index is 13.1. The molecule has 0 aliphatic carbocycles. The lowest BCUT2D eigenvalue weighted by Crippen LogP contribution is -2.17. The molecule has 0 spiro atoms. The highest BCUT2D eigenvalue weighted by molar-refractivity contribution is 6.34. The number of nitrogens with zero attached hydrogens (tertiary/aromatic N) is 1. The molecule has 2 aromatic rings. The third kappa shape index (κ3) is 3.23. The Labute approximate surface area is 121 Å². The predicted molar refractivity (Wildman–Crippen MR) is 71.3 cm³/mol. The molecule has 0 unspecified atom stereocenters. The fraction of sp³-hybridized carbons (Fsp3) is 0. The highest BCUT2D eigenvalue weighted by Crippen LogP contribution is 2.20. The van der Waals surface area contributed by atoms with Crippen molar-refractivity contribution in [2.75, 3.05) is 10.7 Å². The zero-order valence-corrected chi connectivity index (χ0v) is 11.0. The van der Waals surface area contributed by atoms with Gasteiger partial charge in [-0.25, -0.2) is 24.0 Å². The Morgan fingerprint density at radius 3 is 2.38 bits per heavy atom. The zero-order valence-electron chi connectivity index (χ0n) is 10.3. The molecule has 0 aliphatic heterocycles. The summed E-state index contributed by atoms with van der Waals surface area (Å²) in [5.41, 5.74) is 1.73. The Kier molecular flexibility index (Phi) is 4.29. The molecule has 110 valence electrons. The number of rotatable bonds is 3. The minimum absolute atomic E-state index is 0.00885. The van der Waals surface area contributed by atoms with Crippen LogP contribution < -0.4 is 16.6 Å². The van der Waals surface area contributed by atoms with E-state index in [1.165, 1.54) is 12.1 Å². The van der Waals surface area contributed by atoms with Gasteiger partial charge in [0.2, 0.25) is 0 Å². The minimum atomic E-state index is -1.63. The zero-order chi connectivity index (χ0) is 15.6. The third-order valence-corrected chi connectivity index (χ3v) is 2.76. The van der Waals surface area contributed by atoms with Crippen molar-refractivity contribution in [3.63, 3.8) is 0 Å². The van der Waals surface area contributed by atoms with Crippen LogP contribution in [-0.2, 0) is 0 Å². The van der Waals surface area contributed by atoms with E-state index in [1.807, 2.05) is 0 Å². The van der Waals surface area contributed by atoms with E-state index in [2.05, 4.69) is 15.7 Å². The van der Waals surface area contributed by atoms with Crippen molar-refractivity contribution in [2.24, 2.45) is 5.84 Å². The molecule has 0 saturated heterocycles. The average molecular weight is 317 g/mol. The SMILES string of the molecule is NNc1ccc(Cl)c(C(=O)Nc2cc(F)c(F)c(F)c2)n1. The van der Waals surface area contributed by atoms with E-state index >= 15 is 0 Å². The second kappa shape index (κ2) is 5.98. The third-order valence-electron chi connectivity index (χ3n) is 2.45. The van der Waals surface area contributed by atoms with Gasteiger partial charge in [0.05, 0.1) is 5.02 Å². The number of carbonyl (C=O) groups excluding carboxylic acids is 1. The normalized spacial score (nSPS) is 10.3. The molecule has 4 N–H and O–H groups in total. The summed E-state index contributed by atoms with van der Waals surface area (Å²) < 4.78 is 38.9. The van der Waals surface area contributed by atoms with Crippen LogP contribution in [0, 0.1) is 17.5 Å². The van der Waals surface area contributed by atoms with E-state index in [-0.39, 0.29) is 22.2 Å². The second-order valence-corrected chi connectivity index (χ2v) is 4.29. The number of anilines is 2. The number of hydrogen-bond acceptors (Lipinski definition) is 4. The standard InChI is InChI=1S/C12H8ClF3N4O/c13-6-1-2-9(20-17)19-11(6)12(21)18-5-3-7(14)10(16)8(15)4-5/h1-4H,17H2,(H,18,21)(H,19,20). The van der Waals surface area contributed by atoms with Crippen molar-refractivity contribution in [3.8, 4) is 0 Å². The number of hydrazine groups is 1. The van der Waals surface area contributed by atoms with Crippen molar-refractivity contribution < 1.29 is 18.0 Å². The maximum Gasteiger partial charge on any atom is 0.275 e. The Morgan fingerprint density at radius 1 is 1.19 bits per heavy atom. The first-order chi connectivity index (χ1) is 9.92. The van der Waals surface area contributed by atoms with Crippen LogP contribution in [0.25, 0.3) is 0 Å². The van der Waals surface area contributed by atoms with Crippen molar-refractivity contribution in [3.05, 3.63) is 52.4 Å². The van der Waals surface area contributed by atoms with Crippen LogP contribution in [0.3, 0.4) is 0 Å². The van der Waals surface area contributed by atoms with Crippen LogP contribution in [-0.4, -0.2) is 10.9 Å². The maximum absolute atomic E-state index is 13.1. The molecule has 0 fully saturated rings. The van der Waals surface area contributed by atoms with Gasteiger partial charge in [0.1, 0.15) is 11.5 Å². The number of nitrogens with one attached hydrogen (secondary N) is 2. The van der Waals surface area contributed by atoms with E-state index in [4.69, 9.17) is 17.4 Å². The minimum Gasteiger partial charge on any atom is -0.320 e. The van der Waals surface area contributed by atoms with Crippen molar-refractivity contribution in [2.45, 2.75) is 0 Å². The molecule has 0 radical (unpaired) electrons. The summed E-state index contributed by atoms with van der Waals surface area (Å²) in [6, 6.07) is 4.06. The van der Waals surface area contributed by atoms with Crippen LogP contribution in [0.5, 0.6) is 0 Å². The lowest BCUT2D eigenvalue weighted by molar-refractivity contribution is 0.102. The second-order valence-electron chi connectivity index (χ2n) is 3.88. The monoisotopic (exact) mass is 316 g/mol. The van der Waals surface area contributed by atoms with Gasteiger partial charge in [-0.2, -0.15) is 0 Å². The molecule has 0 aliphatic rings. The molecule has 0 saturated carbocycles. The largest absolute Gasteiger partial charge is 0.320 e. The quantitative estimate of drug-likeness (QED) is 0.462. The van der Waals surface area contributed by atoms with Gasteiger partial charge in [0.15, 0.2) is 17.5 Å². The fourth-order valence-corrected chi connectivity index (χ4v) is 1.69. The van der Waals surface area contributed by atoms with E-state index in [9.17, 15) is 18.0 Å². The number of amides is 1. The molecule has 21 heavy (non-hydrogen) atoms. The lowest BCUT2D eigenvalue weighted by atomic mass is 10.2. The number of benzene rings is 1. The molecule has 1 aromatic carbocycles. The molecular weight excluding hydrogens is 309 g/mol. The predicted octanol–water partition coefficient (Wildman–Crippen LogP) is 2.69. The first kappa shape index (κ1) is 15.1. The van der Waals surface area contributed by atoms with Crippen LogP contribution in [0.15, 0.2) is 24.3 Å². The van der Waals surface area contributed by atoms with Gasteiger partial charge >= 0.3 is 0 Å². The van der Waals surface area contributed by atoms with Gasteiger partial charge in [0, 0.05) is 17.8 Å². The first-order valence-corrected chi connectivity index (χ1v) is 5.89. The summed E-state index contributed by atoms with van der Waals surface area (Å²) in [4.78, 5) is 15.8. The number of pyridine rings is 1. The van der Waals surface area contributed by atoms with E-state index in [0.717, 1.165) is 0 Å². The topological polar surface area (TPSA) is 80.0 Å². The molecule has 1 heterocycles. The summed E-state index contributed by atoms with van der Waals surface area (Å²) >= 11 is 5.80. The Morgan fingerprint density at radius 2 is 1.81 bits per heavy atom. The average Bonchev–Trinajstić information content (AvgIpc) is 2.45. The van der Waals surface area contributed by atoms with Gasteiger partial charge in [-0.1, -0.05) is 11.6 Å². The van der Waals surface area contributed by atoms with Crippen molar-refractivity contribution in [1.29, 1.82) is 0 Å². The smallest absolute Gasteiger partial charge is 0.275 e. The van der Waals surface area contributed by atoms with Gasteiger partial charge in [-0.15, -0.1) is 0 Å². The Hall–Kier alpha value is -2.32. The Balaban J connectivity index is 2.30. The highest BCUT2D eigenvalue weighted by atomic mass is 35.5. The summed E-state index contributed by atoms with van der Waals surface area (Å²) in [6.07, 6.45) is 0. The molecular formula is C12H8ClF3N4O. The van der Waals surface area contributed by atoms with Gasteiger partial charge in [-0.3, -0.25) is 4.79 Å². The summed E-state index contributed by atoms with van der Waals surface area (Å²) in [5.74, 6) is 0.00203. The van der Waals surface area contributed by atoms with E-state index in [1.54, 1.807) is 0 Å².